The molecule has 1 unspecified atom stereocenters. The Labute approximate surface area is 116 Å². The molecule has 0 aromatic carbocycles. The lowest BCUT2D eigenvalue weighted by molar-refractivity contribution is -0.156. The first-order valence-electron chi connectivity index (χ1n) is 6.64. The first-order valence-corrected chi connectivity index (χ1v) is 6.64. The summed E-state index contributed by atoms with van der Waals surface area (Å²) in [5.41, 5.74) is 4.91. The normalized spacial score (nSPS) is 13.8. The molecule has 0 radical (unpaired) electrons. The van der Waals surface area contributed by atoms with Crippen LogP contribution >= 0.6 is 0 Å². The monoisotopic (exact) mass is 272 g/mol. The third-order valence-corrected chi connectivity index (χ3v) is 2.67. The predicted molar refractivity (Wildman–Crippen MR) is 75.6 cm³/mol. The summed E-state index contributed by atoms with van der Waals surface area (Å²) >= 11 is 0. The maximum atomic E-state index is 11.8. The molecule has 0 heterocycles. The van der Waals surface area contributed by atoms with Gasteiger partial charge in [-0.3, -0.25) is 4.79 Å². The van der Waals surface area contributed by atoms with Crippen molar-refractivity contribution in [3.63, 3.8) is 0 Å². The smallest absolute Gasteiger partial charge is 0.312 e. The lowest BCUT2D eigenvalue weighted by Crippen LogP contribution is -2.36. The van der Waals surface area contributed by atoms with Crippen LogP contribution < -0.4 is 11.1 Å². The zero-order valence-electron chi connectivity index (χ0n) is 13.0. The van der Waals surface area contributed by atoms with E-state index in [1.807, 2.05) is 0 Å². The van der Waals surface area contributed by atoms with Crippen LogP contribution in [-0.4, -0.2) is 24.6 Å². The van der Waals surface area contributed by atoms with Gasteiger partial charge < -0.3 is 15.8 Å². The van der Waals surface area contributed by atoms with E-state index in [0.29, 0.717) is 0 Å². The Balaban J connectivity index is 4.41. The van der Waals surface area contributed by atoms with Crippen LogP contribution in [0.4, 0.5) is 4.79 Å². The highest BCUT2D eigenvalue weighted by molar-refractivity contribution is 5.73. The summed E-state index contributed by atoms with van der Waals surface area (Å²) in [6.45, 7) is 12.7. The quantitative estimate of drug-likeness (QED) is 0.754. The topological polar surface area (TPSA) is 81.4 Å². The molecule has 112 valence electrons. The van der Waals surface area contributed by atoms with Gasteiger partial charge in [-0.25, -0.2) is 4.79 Å². The summed E-state index contributed by atoms with van der Waals surface area (Å²) in [6, 6.07) is -0.630. The average molecular weight is 272 g/mol. The summed E-state index contributed by atoms with van der Waals surface area (Å²) in [5, 5.41) is 2.37. The van der Waals surface area contributed by atoms with E-state index in [-0.39, 0.29) is 35.9 Å². The van der Waals surface area contributed by atoms with Gasteiger partial charge in [-0.15, -0.1) is 0 Å². The fourth-order valence-corrected chi connectivity index (χ4v) is 1.59. The van der Waals surface area contributed by atoms with Crippen LogP contribution in [0.15, 0.2) is 0 Å². The molecule has 1 atom stereocenters. The van der Waals surface area contributed by atoms with Crippen LogP contribution in [0.5, 0.6) is 0 Å². The Kier molecular flexibility index (Phi) is 6.33. The fraction of sp³-hybridized carbons (Fsp3) is 0.857. The molecule has 0 aromatic heterocycles. The molecule has 5 heteroatoms. The summed E-state index contributed by atoms with van der Waals surface area (Å²) in [4.78, 5) is 22.3. The van der Waals surface area contributed by atoms with Gasteiger partial charge in [0.15, 0.2) is 0 Å². The van der Waals surface area contributed by atoms with Gasteiger partial charge in [0.25, 0.3) is 0 Å². The number of amides is 2. The Hall–Kier alpha value is -1.26. The maximum Gasteiger partial charge on any atom is 0.312 e. The van der Waals surface area contributed by atoms with Gasteiger partial charge in [-0.1, -0.05) is 41.5 Å². The molecule has 0 bridgehead atoms. The van der Waals surface area contributed by atoms with Crippen molar-refractivity contribution in [2.75, 3.05) is 6.54 Å². The third kappa shape index (κ3) is 9.33. The highest BCUT2D eigenvalue weighted by Crippen LogP contribution is 2.32. The molecule has 0 saturated heterocycles. The Morgan fingerprint density at radius 2 is 1.68 bits per heavy atom. The minimum atomic E-state index is -0.630. The van der Waals surface area contributed by atoms with E-state index in [2.05, 4.69) is 46.9 Å². The standard InChI is InChI=1S/C14H28N2O3/c1-13(2,3)9-10(14(4,5)6)19-11(17)7-8-16-12(15)18/h10H,7-9H2,1-6H3,(H3,15,16,18). The molecule has 5 nitrogen and oxygen atoms in total. The lowest BCUT2D eigenvalue weighted by atomic mass is 9.78. The molecule has 0 spiro atoms. The second-order valence-electron chi connectivity index (χ2n) is 7.15. The Morgan fingerprint density at radius 3 is 2.05 bits per heavy atom. The Bertz CT molecular complexity index is 314. The molecule has 0 aliphatic carbocycles. The summed E-state index contributed by atoms with van der Waals surface area (Å²) in [7, 11) is 0. The van der Waals surface area contributed by atoms with E-state index in [9.17, 15) is 9.59 Å². The van der Waals surface area contributed by atoms with Gasteiger partial charge in [-0.2, -0.15) is 0 Å². The van der Waals surface area contributed by atoms with Crippen LogP contribution in [0.25, 0.3) is 0 Å². The highest BCUT2D eigenvalue weighted by Gasteiger charge is 2.32. The number of primary amides is 1. The zero-order chi connectivity index (χ0) is 15.3. The number of carbonyl (C=O) groups excluding carboxylic acids is 2. The minimum absolute atomic E-state index is 0.0870. The van der Waals surface area contributed by atoms with Gasteiger partial charge >= 0.3 is 12.0 Å². The lowest BCUT2D eigenvalue weighted by Gasteiger charge is -2.35. The predicted octanol–water partition coefficient (Wildman–Crippen LogP) is 2.44. The van der Waals surface area contributed by atoms with E-state index in [0.717, 1.165) is 6.42 Å². The number of urea groups is 1. The van der Waals surface area contributed by atoms with Gasteiger partial charge in [0.2, 0.25) is 0 Å². The fourth-order valence-electron chi connectivity index (χ4n) is 1.59. The molecule has 0 aliphatic rings. The zero-order valence-corrected chi connectivity index (χ0v) is 13.0. The third-order valence-electron chi connectivity index (χ3n) is 2.67. The van der Waals surface area contributed by atoms with E-state index in [1.165, 1.54) is 0 Å². The van der Waals surface area contributed by atoms with Crippen LogP contribution in [-0.2, 0) is 9.53 Å². The summed E-state index contributed by atoms with van der Waals surface area (Å²) < 4.78 is 5.54. The molecule has 2 amide bonds. The molecule has 0 aromatic rings. The van der Waals surface area contributed by atoms with Crippen molar-refractivity contribution >= 4 is 12.0 Å². The van der Waals surface area contributed by atoms with Crippen molar-refractivity contribution in [1.29, 1.82) is 0 Å². The van der Waals surface area contributed by atoms with E-state index >= 15 is 0 Å². The van der Waals surface area contributed by atoms with Gasteiger partial charge in [0, 0.05) is 6.54 Å². The largest absolute Gasteiger partial charge is 0.462 e. The molecule has 0 fully saturated rings. The van der Waals surface area contributed by atoms with Crippen LogP contribution in [0, 0.1) is 10.8 Å². The van der Waals surface area contributed by atoms with Crippen molar-refractivity contribution in [1.82, 2.24) is 5.32 Å². The number of hydrogen-bond donors (Lipinski definition) is 2. The molecule has 3 N–H and O–H groups in total. The highest BCUT2D eigenvalue weighted by atomic mass is 16.5. The molecule has 19 heavy (non-hydrogen) atoms. The van der Waals surface area contributed by atoms with Crippen LogP contribution in [0.3, 0.4) is 0 Å². The average Bonchev–Trinajstić information content (AvgIpc) is 2.12. The first kappa shape index (κ1) is 17.7. The SMILES string of the molecule is CC(C)(C)CC(OC(=O)CCNC(N)=O)C(C)(C)C. The number of carbonyl (C=O) groups is 2. The van der Waals surface area contributed by atoms with E-state index in [4.69, 9.17) is 10.5 Å². The van der Waals surface area contributed by atoms with E-state index < -0.39 is 6.03 Å². The van der Waals surface area contributed by atoms with Crippen LogP contribution in [0.1, 0.15) is 54.4 Å². The number of esters is 1. The summed E-state index contributed by atoms with van der Waals surface area (Å²) in [6.07, 6.45) is 0.791. The number of rotatable bonds is 5. The molecule has 0 aliphatic heterocycles. The van der Waals surface area contributed by atoms with Crippen molar-refractivity contribution in [3.05, 3.63) is 0 Å². The second-order valence-corrected chi connectivity index (χ2v) is 7.15. The van der Waals surface area contributed by atoms with Gasteiger partial charge in [0.1, 0.15) is 6.10 Å². The van der Waals surface area contributed by atoms with Crippen molar-refractivity contribution in [2.45, 2.75) is 60.5 Å². The number of hydrogen-bond acceptors (Lipinski definition) is 3. The van der Waals surface area contributed by atoms with Crippen molar-refractivity contribution < 1.29 is 14.3 Å². The van der Waals surface area contributed by atoms with Crippen LogP contribution in [0.2, 0.25) is 0 Å². The van der Waals surface area contributed by atoms with Crippen molar-refractivity contribution in [2.24, 2.45) is 16.6 Å². The molecular weight excluding hydrogens is 244 g/mol. The molecular formula is C14H28N2O3. The van der Waals surface area contributed by atoms with Gasteiger partial charge in [0.05, 0.1) is 6.42 Å². The minimum Gasteiger partial charge on any atom is -0.462 e. The van der Waals surface area contributed by atoms with E-state index in [1.54, 1.807) is 0 Å². The number of nitrogens with two attached hydrogens (primary N) is 1. The summed E-state index contributed by atoms with van der Waals surface area (Å²) in [5.74, 6) is -0.307. The number of nitrogens with one attached hydrogen (secondary N) is 1. The molecule has 0 rings (SSSR count). The first-order chi connectivity index (χ1) is 8.42. The number of ether oxygens (including phenoxy) is 1. The maximum absolute atomic E-state index is 11.8. The second kappa shape index (κ2) is 6.78. The van der Waals surface area contributed by atoms with Crippen molar-refractivity contribution in [3.8, 4) is 0 Å². The Morgan fingerprint density at radius 1 is 1.16 bits per heavy atom. The molecule has 0 saturated carbocycles. The van der Waals surface area contributed by atoms with Gasteiger partial charge in [-0.05, 0) is 17.3 Å².